The number of hydrogen-bond acceptors (Lipinski definition) is 3. The smallest absolute Gasteiger partial charge is 0.0700 e. The van der Waals surface area contributed by atoms with Gasteiger partial charge in [0.05, 0.1) is 16.4 Å². The zero-order chi connectivity index (χ0) is 11.9. The zero-order valence-electron chi connectivity index (χ0n) is 10.2. The van der Waals surface area contributed by atoms with Crippen molar-refractivity contribution in [3.8, 4) is 0 Å². The lowest BCUT2D eigenvalue weighted by Gasteiger charge is -2.20. The summed E-state index contributed by atoms with van der Waals surface area (Å²) >= 11 is 1.88. The molecule has 0 radical (unpaired) electrons. The van der Waals surface area contributed by atoms with Gasteiger partial charge >= 0.3 is 0 Å². The number of rotatable bonds is 1. The monoisotopic (exact) mass is 244 g/mol. The predicted molar refractivity (Wildman–Crippen MR) is 75.1 cm³/mol. The fourth-order valence-electron chi connectivity index (χ4n) is 2.32. The maximum atomic E-state index is 4.75. The van der Waals surface area contributed by atoms with E-state index in [0.717, 1.165) is 23.7 Å². The molecule has 0 saturated carbocycles. The van der Waals surface area contributed by atoms with Gasteiger partial charge in [0.1, 0.15) is 0 Å². The van der Waals surface area contributed by atoms with Gasteiger partial charge in [0.15, 0.2) is 0 Å². The van der Waals surface area contributed by atoms with Crippen LogP contribution in [0.4, 0.5) is 5.69 Å². The van der Waals surface area contributed by atoms with Crippen molar-refractivity contribution in [1.29, 1.82) is 0 Å². The van der Waals surface area contributed by atoms with Crippen molar-refractivity contribution in [2.75, 3.05) is 12.3 Å². The SMILES string of the molecule is CC1(C)C(/C=C2\NCCS2)=Nc2ccccc21. The summed E-state index contributed by atoms with van der Waals surface area (Å²) in [4.78, 5) is 4.75. The second-order valence-corrected chi connectivity index (χ2v) is 6.06. The summed E-state index contributed by atoms with van der Waals surface area (Å²) in [7, 11) is 0. The maximum Gasteiger partial charge on any atom is 0.0700 e. The molecule has 0 spiro atoms. The first-order chi connectivity index (χ1) is 8.18. The second kappa shape index (κ2) is 3.91. The summed E-state index contributed by atoms with van der Waals surface area (Å²) < 4.78 is 0. The van der Waals surface area contributed by atoms with E-state index in [9.17, 15) is 0 Å². The Kier molecular flexibility index (Phi) is 2.51. The lowest BCUT2D eigenvalue weighted by Crippen LogP contribution is -2.24. The molecule has 88 valence electrons. The lowest BCUT2D eigenvalue weighted by molar-refractivity contribution is 0.739. The van der Waals surface area contributed by atoms with Gasteiger partial charge < -0.3 is 5.32 Å². The molecule has 2 aliphatic rings. The van der Waals surface area contributed by atoms with Gasteiger partial charge in [0, 0.05) is 17.7 Å². The number of nitrogens with zero attached hydrogens (tertiary/aromatic N) is 1. The van der Waals surface area contributed by atoms with Gasteiger partial charge in [-0.2, -0.15) is 0 Å². The average molecular weight is 244 g/mol. The Hall–Kier alpha value is -1.22. The minimum absolute atomic E-state index is 0.0222. The van der Waals surface area contributed by atoms with Crippen LogP contribution in [-0.2, 0) is 5.41 Å². The van der Waals surface area contributed by atoms with Gasteiger partial charge in [0.25, 0.3) is 0 Å². The van der Waals surface area contributed by atoms with Crippen molar-refractivity contribution in [3.63, 3.8) is 0 Å². The molecule has 0 unspecified atom stereocenters. The van der Waals surface area contributed by atoms with Crippen LogP contribution in [0.15, 0.2) is 40.4 Å². The molecule has 2 nitrogen and oxygen atoms in total. The highest BCUT2D eigenvalue weighted by atomic mass is 32.2. The molecule has 2 heterocycles. The van der Waals surface area contributed by atoms with E-state index in [2.05, 4.69) is 49.5 Å². The fraction of sp³-hybridized carbons (Fsp3) is 0.357. The van der Waals surface area contributed by atoms with Crippen LogP contribution in [0.2, 0.25) is 0 Å². The number of nitrogens with one attached hydrogen (secondary N) is 1. The van der Waals surface area contributed by atoms with Gasteiger partial charge in [0.2, 0.25) is 0 Å². The zero-order valence-corrected chi connectivity index (χ0v) is 11.0. The minimum Gasteiger partial charge on any atom is -0.379 e. The summed E-state index contributed by atoms with van der Waals surface area (Å²) in [5, 5.41) is 4.65. The van der Waals surface area contributed by atoms with Gasteiger partial charge in [-0.15, -0.1) is 11.8 Å². The largest absolute Gasteiger partial charge is 0.379 e. The van der Waals surface area contributed by atoms with Crippen molar-refractivity contribution < 1.29 is 0 Å². The fourth-order valence-corrected chi connectivity index (χ4v) is 3.15. The Morgan fingerprint density at radius 1 is 1.35 bits per heavy atom. The molecule has 0 aromatic heterocycles. The molecule has 0 atom stereocenters. The number of benzene rings is 1. The molecular weight excluding hydrogens is 228 g/mol. The summed E-state index contributed by atoms with van der Waals surface area (Å²) in [5.41, 5.74) is 3.63. The molecule has 0 bridgehead atoms. The van der Waals surface area contributed by atoms with Crippen LogP contribution in [0.5, 0.6) is 0 Å². The van der Waals surface area contributed by atoms with Crippen LogP contribution in [0.1, 0.15) is 19.4 Å². The third-order valence-corrected chi connectivity index (χ3v) is 4.37. The first-order valence-electron chi connectivity index (χ1n) is 5.95. The van der Waals surface area contributed by atoms with E-state index in [0.29, 0.717) is 0 Å². The third kappa shape index (κ3) is 1.78. The van der Waals surface area contributed by atoms with Crippen LogP contribution in [-0.4, -0.2) is 18.0 Å². The molecule has 1 fully saturated rings. The number of aliphatic imine (C=N–C) groups is 1. The van der Waals surface area contributed by atoms with E-state index in [1.54, 1.807) is 0 Å². The van der Waals surface area contributed by atoms with E-state index in [1.165, 1.54) is 10.6 Å². The number of para-hydroxylation sites is 1. The minimum atomic E-state index is 0.0222. The predicted octanol–water partition coefficient (Wildman–Crippen LogP) is 3.23. The topological polar surface area (TPSA) is 24.4 Å². The van der Waals surface area contributed by atoms with Crippen molar-refractivity contribution in [3.05, 3.63) is 40.9 Å². The van der Waals surface area contributed by atoms with E-state index >= 15 is 0 Å². The van der Waals surface area contributed by atoms with Crippen molar-refractivity contribution in [2.24, 2.45) is 4.99 Å². The molecule has 3 rings (SSSR count). The van der Waals surface area contributed by atoms with E-state index in [1.807, 2.05) is 11.8 Å². The maximum absolute atomic E-state index is 4.75. The molecular formula is C14H16N2S. The molecule has 0 amide bonds. The van der Waals surface area contributed by atoms with E-state index in [-0.39, 0.29) is 5.41 Å². The van der Waals surface area contributed by atoms with Crippen molar-refractivity contribution >= 4 is 23.2 Å². The molecule has 3 heteroatoms. The van der Waals surface area contributed by atoms with Crippen LogP contribution < -0.4 is 5.32 Å². The van der Waals surface area contributed by atoms with E-state index in [4.69, 9.17) is 4.99 Å². The highest BCUT2D eigenvalue weighted by Gasteiger charge is 2.33. The van der Waals surface area contributed by atoms with Crippen LogP contribution in [0, 0.1) is 0 Å². The first kappa shape index (κ1) is 10.9. The summed E-state index contributed by atoms with van der Waals surface area (Å²) in [6.45, 7) is 5.56. The highest BCUT2D eigenvalue weighted by molar-refractivity contribution is 8.03. The Balaban J connectivity index is 2.01. The van der Waals surface area contributed by atoms with Gasteiger partial charge in [-0.05, 0) is 17.7 Å². The molecule has 17 heavy (non-hydrogen) atoms. The standard InChI is InChI=1S/C14H16N2S/c1-14(2)10-5-3-4-6-11(10)16-12(14)9-13-15-7-8-17-13/h3-6,9,15H,7-8H2,1-2H3/b13-9+. The molecule has 1 aromatic carbocycles. The normalized spacial score (nSPS) is 23.4. The van der Waals surface area contributed by atoms with Crippen LogP contribution >= 0.6 is 11.8 Å². The Morgan fingerprint density at radius 3 is 2.88 bits per heavy atom. The summed E-state index contributed by atoms with van der Waals surface area (Å²) in [5.74, 6) is 1.16. The molecule has 1 aromatic rings. The number of fused-ring (bicyclic) bond motifs is 1. The molecule has 1 saturated heterocycles. The van der Waals surface area contributed by atoms with Crippen molar-refractivity contribution in [2.45, 2.75) is 19.3 Å². The number of thioether (sulfide) groups is 1. The quantitative estimate of drug-likeness (QED) is 0.820. The Morgan fingerprint density at radius 2 is 2.18 bits per heavy atom. The van der Waals surface area contributed by atoms with Gasteiger partial charge in [-0.1, -0.05) is 32.0 Å². The van der Waals surface area contributed by atoms with Crippen LogP contribution in [0.3, 0.4) is 0 Å². The highest BCUT2D eigenvalue weighted by Crippen LogP contribution is 2.40. The van der Waals surface area contributed by atoms with E-state index < -0.39 is 0 Å². The van der Waals surface area contributed by atoms with Crippen molar-refractivity contribution in [1.82, 2.24) is 5.32 Å². The number of hydrogen-bond donors (Lipinski definition) is 1. The van der Waals surface area contributed by atoms with Gasteiger partial charge in [-0.25, -0.2) is 0 Å². The molecule has 0 aliphatic carbocycles. The average Bonchev–Trinajstić information content (AvgIpc) is 2.89. The molecule has 1 N–H and O–H groups in total. The van der Waals surface area contributed by atoms with Gasteiger partial charge in [-0.3, -0.25) is 4.99 Å². The number of allylic oxidation sites excluding steroid dienone is 1. The Bertz CT molecular complexity index is 507. The second-order valence-electron chi connectivity index (χ2n) is 4.92. The van der Waals surface area contributed by atoms with Crippen LogP contribution in [0.25, 0.3) is 0 Å². The third-order valence-electron chi connectivity index (χ3n) is 3.39. The summed E-state index contributed by atoms with van der Waals surface area (Å²) in [6, 6.07) is 8.42. The first-order valence-corrected chi connectivity index (χ1v) is 6.93. The lowest BCUT2D eigenvalue weighted by atomic mass is 9.81. The molecule has 2 aliphatic heterocycles. The Labute approximate surface area is 106 Å². The summed E-state index contributed by atoms with van der Waals surface area (Å²) in [6.07, 6.45) is 2.21.